The second kappa shape index (κ2) is 9.71. The third-order valence-electron chi connectivity index (χ3n) is 4.00. The second-order valence-corrected chi connectivity index (χ2v) is 7.49. The Balaban J connectivity index is 1.60. The van der Waals surface area contributed by atoms with Crippen LogP contribution >= 0.6 is 15.9 Å². The summed E-state index contributed by atoms with van der Waals surface area (Å²) in [5, 5.41) is 2.68. The van der Waals surface area contributed by atoms with Crippen LogP contribution in [0.1, 0.15) is 24.2 Å². The molecule has 0 unspecified atom stereocenters. The van der Waals surface area contributed by atoms with Crippen LogP contribution in [-0.4, -0.2) is 44.9 Å². The number of halogens is 1. The number of ether oxygens (including phenoxy) is 5. The fraction of sp³-hybridized carbons (Fsp3) is 0.333. The van der Waals surface area contributed by atoms with Gasteiger partial charge in [-0.1, -0.05) is 0 Å². The van der Waals surface area contributed by atoms with Gasteiger partial charge in [0.15, 0.2) is 29.6 Å². The van der Waals surface area contributed by atoms with Crippen LogP contribution in [0, 0.1) is 0 Å². The lowest BCUT2D eigenvalue weighted by Crippen LogP contribution is -2.21. The molecule has 3 rings (SSSR count). The highest BCUT2D eigenvalue weighted by molar-refractivity contribution is 9.10. The van der Waals surface area contributed by atoms with Crippen LogP contribution in [0.2, 0.25) is 0 Å². The van der Waals surface area contributed by atoms with Gasteiger partial charge in [-0.3, -0.25) is 4.79 Å². The zero-order chi connectivity index (χ0) is 21.7. The van der Waals surface area contributed by atoms with E-state index < -0.39 is 18.5 Å². The van der Waals surface area contributed by atoms with Gasteiger partial charge in [0, 0.05) is 16.6 Å². The molecule has 0 spiro atoms. The average Bonchev–Trinajstić information content (AvgIpc) is 2.72. The summed E-state index contributed by atoms with van der Waals surface area (Å²) in [6.07, 6.45) is -0.0414. The Labute approximate surface area is 182 Å². The minimum Gasteiger partial charge on any atom is -0.493 e. The Hall–Kier alpha value is -2.94. The summed E-state index contributed by atoms with van der Waals surface area (Å²) in [5.74, 6) is 0.908. The molecule has 30 heavy (non-hydrogen) atoms. The van der Waals surface area contributed by atoms with Gasteiger partial charge in [-0.05, 0) is 48.0 Å². The minimum atomic E-state index is -0.652. The highest BCUT2D eigenvalue weighted by Crippen LogP contribution is 2.38. The molecule has 0 atom stereocenters. The predicted octanol–water partition coefficient (Wildman–Crippen LogP) is 3.81. The largest absolute Gasteiger partial charge is 0.493 e. The predicted molar refractivity (Wildman–Crippen MR) is 113 cm³/mol. The van der Waals surface area contributed by atoms with Gasteiger partial charge in [0.25, 0.3) is 5.91 Å². The number of hydrogen-bond acceptors (Lipinski definition) is 7. The van der Waals surface area contributed by atoms with Crippen molar-refractivity contribution >= 4 is 33.5 Å². The van der Waals surface area contributed by atoms with Gasteiger partial charge in [0.1, 0.15) is 13.2 Å². The first-order valence-corrected chi connectivity index (χ1v) is 10.1. The summed E-state index contributed by atoms with van der Waals surface area (Å²) in [7, 11) is 1.48. The number of anilines is 1. The molecule has 1 amide bonds. The molecule has 0 bridgehead atoms. The fourth-order valence-corrected chi connectivity index (χ4v) is 3.13. The normalized spacial score (nSPS) is 12.3. The van der Waals surface area contributed by atoms with Crippen LogP contribution in [0.5, 0.6) is 23.0 Å². The van der Waals surface area contributed by atoms with E-state index in [1.807, 2.05) is 13.8 Å². The molecular formula is C21H22BrNO7. The standard InChI is InChI=1S/C21H22BrNO7/c1-12(2)30-16-5-4-13(8-17(16)26-3)21(25)29-11-20(24)23-15-10-19-18(9-14(15)22)27-6-7-28-19/h4-5,8-10,12H,6-7,11H2,1-3H3,(H,23,24). The summed E-state index contributed by atoms with van der Waals surface area (Å²) in [6.45, 7) is 4.23. The van der Waals surface area contributed by atoms with Gasteiger partial charge in [0.05, 0.1) is 24.5 Å². The number of esters is 1. The summed E-state index contributed by atoms with van der Waals surface area (Å²) >= 11 is 3.38. The fourth-order valence-electron chi connectivity index (χ4n) is 2.71. The van der Waals surface area contributed by atoms with Crippen LogP contribution in [0.3, 0.4) is 0 Å². The van der Waals surface area contributed by atoms with Crippen LogP contribution in [-0.2, 0) is 9.53 Å². The lowest BCUT2D eigenvalue weighted by Gasteiger charge is -2.20. The number of hydrogen-bond donors (Lipinski definition) is 1. The van der Waals surface area contributed by atoms with Gasteiger partial charge in [0.2, 0.25) is 0 Å². The maximum absolute atomic E-state index is 12.3. The molecule has 0 radical (unpaired) electrons. The Kier molecular flexibility index (Phi) is 7.04. The maximum Gasteiger partial charge on any atom is 0.338 e. The molecular weight excluding hydrogens is 458 g/mol. The molecule has 1 N–H and O–H groups in total. The molecule has 9 heteroatoms. The highest BCUT2D eigenvalue weighted by atomic mass is 79.9. The summed E-state index contributed by atoms with van der Waals surface area (Å²) in [5.41, 5.74) is 0.730. The van der Waals surface area contributed by atoms with E-state index >= 15 is 0 Å². The number of carbonyl (C=O) groups excluding carboxylic acids is 2. The molecule has 2 aromatic rings. The molecule has 2 aromatic carbocycles. The topological polar surface area (TPSA) is 92.3 Å². The quantitative estimate of drug-likeness (QED) is 0.603. The van der Waals surface area contributed by atoms with Crippen LogP contribution in [0.15, 0.2) is 34.8 Å². The van der Waals surface area contributed by atoms with Crippen molar-refractivity contribution in [3.05, 3.63) is 40.4 Å². The molecule has 0 saturated heterocycles. The third kappa shape index (κ3) is 5.35. The molecule has 0 aromatic heterocycles. The van der Waals surface area contributed by atoms with E-state index in [1.165, 1.54) is 13.2 Å². The Bertz CT molecular complexity index is 945. The number of carbonyl (C=O) groups is 2. The van der Waals surface area contributed by atoms with Crippen LogP contribution < -0.4 is 24.3 Å². The van der Waals surface area contributed by atoms with Crippen LogP contribution in [0.4, 0.5) is 5.69 Å². The van der Waals surface area contributed by atoms with E-state index in [-0.39, 0.29) is 11.7 Å². The van der Waals surface area contributed by atoms with Crippen molar-refractivity contribution in [2.24, 2.45) is 0 Å². The number of methoxy groups -OCH3 is 1. The van der Waals surface area contributed by atoms with Crippen molar-refractivity contribution in [3.63, 3.8) is 0 Å². The summed E-state index contributed by atoms with van der Waals surface area (Å²) in [6, 6.07) is 8.05. The number of amides is 1. The lowest BCUT2D eigenvalue weighted by atomic mass is 10.2. The Morgan fingerprint density at radius 3 is 2.47 bits per heavy atom. The molecule has 0 aliphatic carbocycles. The molecule has 1 aliphatic rings. The van der Waals surface area contributed by atoms with Gasteiger partial charge >= 0.3 is 5.97 Å². The van der Waals surface area contributed by atoms with Crippen molar-refractivity contribution in [1.82, 2.24) is 0 Å². The van der Waals surface area contributed by atoms with Gasteiger partial charge in [-0.15, -0.1) is 0 Å². The van der Waals surface area contributed by atoms with Gasteiger partial charge < -0.3 is 29.0 Å². The summed E-state index contributed by atoms with van der Waals surface area (Å²) < 4.78 is 27.6. The van der Waals surface area contributed by atoms with E-state index in [4.69, 9.17) is 23.7 Å². The number of nitrogens with one attached hydrogen (secondary N) is 1. The van der Waals surface area contributed by atoms with Crippen molar-refractivity contribution in [2.75, 3.05) is 32.2 Å². The Morgan fingerprint density at radius 1 is 1.10 bits per heavy atom. The van der Waals surface area contributed by atoms with Gasteiger partial charge in [-0.25, -0.2) is 4.79 Å². The van der Waals surface area contributed by atoms with E-state index in [0.29, 0.717) is 46.4 Å². The minimum absolute atomic E-state index is 0.0414. The summed E-state index contributed by atoms with van der Waals surface area (Å²) in [4.78, 5) is 24.6. The van der Waals surface area contributed by atoms with Crippen molar-refractivity contribution in [1.29, 1.82) is 0 Å². The lowest BCUT2D eigenvalue weighted by molar-refractivity contribution is -0.119. The number of benzene rings is 2. The Morgan fingerprint density at radius 2 is 1.80 bits per heavy atom. The SMILES string of the molecule is COc1cc(C(=O)OCC(=O)Nc2cc3c(cc2Br)OCCO3)ccc1OC(C)C. The van der Waals surface area contributed by atoms with Crippen molar-refractivity contribution in [3.8, 4) is 23.0 Å². The van der Waals surface area contributed by atoms with E-state index in [0.717, 1.165) is 0 Å². The molecule has 0 fully saturated rings. The van der Waals surface area contributed by atoms with E-state index in [2.05, 4.69) is 21.2 Å². The molecule has 0 saturated carbocycles. The van der Waals surface area contributed by atoms with E-state index in [1.54, 1.807) is 24.3 Å². The smallest absolute Gasteiger partial charge is 0.338 e. The molecule has 8 nitrogen and oxygen atoms in total. The van der Waals surface area contributed by atoms with Crippen molar-refractivity contribution < 1.29 is 33.3 Å². The molecule has 160 valence electrons. The van der Waals surface area contributed by atoms with Crippen molar-refractivity contribution in [2.45, 2.75) is 20.0 Å². The third-order valence-corrected chi connectivity index (χ3v) is 4.66. The monoisotopic (exact) mass is 479 g/mol. The molecule has 1 heterocycles. The number of fused-ring (bicyclic) bond motifs is 1. The average molecular weight is 480 g/mol. The zero-order valence-electron chi connectivity index (χ0n) is 16.8. The first kappa shape index (κ1) is 21.8. The van der Waals surface area contributed by atoms with Crippen LogP contribution in [0.25, 0.3) is 0 Å². The molecule has 1 aliphatic heterocycles. The zero-order valence-corrected chi connectivity index (χ0v) is 18.4. The van der Waals surface area contributed by atoms with Gasteiger partial charge in [-0.2, -0.15) is 0 Å². The number of rotatable bonds is 7. The second-order valence-electron chi connectivity index (χ2n) is 6.63. The first-order chi connectivity index (χ1) is 14.4. The highest BCUT2D eigenvalue weighted by Gasteiger charge is 2.18. The maximum atomic E-state index is 12.3. The first-order valence-electron chi connectivity index (χ1n) is 9.28. The van der Waals surface area contributed by atoms with E-state index in [9.17, 15) is 9.59 Å².